The van der Waals surface area contributed by atoms with Crippen molar-refractivity contribution in [3.8, 4) is 0 Å². The predicted molar refractivity (Wildman–Crippen MR) is 63.7 cm³/mol. The molecule has 0 atom stereocenters. The minimum Gasteiger partial charge on any atom is -0.337 e. The van der Waals surface area contributed by atoms with Crippen molar-refractivity contribution in [3.05, 3.63) is 18.7 Å². The molecule has 0 spiro atoms. The predicted octanol–water partition coefficient (Wildman–Crippen LogP) is 2.15. The summed E-state index contributed by atoms with van der Waals surface area (Å²) in [6.45, 7) is 12.2. The maximum Gasteiger partial charge on any atom is 0.0946 e. The molecule has 1 aromatic rings. The van der Waals surface area contributed by atoms with Crippen LogP contribution in [0, 0.1) is 11.3 Å². The Kier molecular flexibility index (Phi) is 4.33. The largest absolute Gasteiger partial charge is 0.337 e. The number of hydrogen-bond acceptors (Lipinski definition) is 2. The van der Waals surface area contributed by atoms with E-state index >= 15 is 0 Å². The molecule has 0 radical (unpaired) electrons. The van der Waals surface area contributed by atoms with E-state index in [1.807, 2.05) is 18.7 Å². The van der Waals surface area contributed by atoms with Crippen molar-refractivity contribution < 1.29 is 0 Å². The van der Waals surface area contributed by atoms with E-state index in [4.69, 9.17) is 0 Å². The summed E-state index contributed by atoms with van der Waals surface area (Å²) in [5, 5.41) is 3.50. The van der Waals surface area contributed by atoms with Crippen LogP contribution in [0.25, 0.3) is 0 Å². The molecule has 0 saturated carbocycles. The van der Waals surface area contributed by atoms with Gasteiger partial charge in [-0.2, -0.15) is 0 Å². The molecule has 0 amide bonds. The van der Waals surface area contributed by atoms with E-state index in [1.54, 1.807) is 0 Å². The van der Waals surface area contributed by atoms with Crippen molar-refractivity contribution in [3.63, 3.8) is 0 Å². The van der Waals surface area contributed by atoms with Gasteiger partial charge in [0.25, 0.3) is 0 Å². The molecular formula is C12H23N3. The number of rotatable bonds is 6. The number of hydrogen-bond donors (Lipinski definition) is 1. The fourth-order valence-electron chi connectivity index (χ4n) is 1.63. The summed E-state index contributed by atoms with van der Waals surface area (Å²) in [7, 11) is 0. The van der Waals surface area contributed by atoms with E-state index in [9.17, 15) is 0 Å². The smallest absolute Gasteiger partial charge is 0.0946 e. The van der Waals surface area contributed by atoms with Crippen LogP contribution in [0.15, 0.2) is 18.7 Å². The van der Waals surface area contributed by atoms with Gasteiger partial charge in [-0.1, -0.05) is 27.7 Å². The molecule has 1 heterocycles. The molecule has 86 valence electrons. The Morgan fingerprint density at radius 2 is 2.13 bits per heavy atom. The third-order valence-corrected chi connectivity index (χ3v) is 2.33. The van der Waals surface area contributed by atoms with Crippen LogP contribution in [0.5, 0.6) is 0 Å². The van der Waals surface area contributed by atoms with E-state index in [1.165, 1.54) is 0 Å². The molecule has 3 nitrogen and oxygen atoms in total. The van der Waals surface area contributed by atoms with Gasteiger partial charge in [-0.25, -0.2) is 4.98 Å². The van der Waals surface area contributed by atoms with Crippen LogP contribution in [0.2, 0.25) is 0 Å². The zero-order valence-corrected chi connectivity index (χ0v) is 10.3. The van der Waals surface area contributed by atoms with Gasteiger partial charge < -0.3 is 9.88 Å². The zero-order valence-electron chi connectivity index (χ0n) is 10.3. The number of aromatic nitrogens is 2. The van der Waals surface area contributed by atoms with Crippen LogP contribution in [0.1, 0.15) is 27.7 Å². The van der Waals surface area contributed by atoms with E-state index in [2.05, 4.69) is 42.6 Å². The first-order chi connectivity index (χ1) is 6.99. The Balaban J connectivity index is 2.32. The summed E-state index contributed by atoms with van der Waals surface area (Å²) in [5.74, 6) is 0.717. The Labute approximate surface area is 92.9 Å². The van der Waals surface area contributed by atoms with Gasteiger partial charge in [0, 0.05) is 25.5 Å². The third-order valence-electron chi connectivity index (χ3n) is 2.33. The lowest BCUT2D eigenvalue weighted by Gasteiger charge is -2.26. The van der Waals surface area contributed by atoms with Gasteiger partial charge in [0.05, 0.1) is 6.33 Å². The van der Waals surface area contributed by atoms with E-state index in [-0.39, 0.29) is 5.41 Å². The molecule has 1 aromatic heterocycles. The van der Waals surface area contributed by atoms with E-state index in [0.29, 0.717) is 5.92 Å². The minimum atomic E-state index is 0.273. The van der Waals surface area contributed by atoms with Crippen molar-refractivity contribution in [1.29, 1.82) is 0 Å². The topological polar surface area (TPSA) is 29.9 Å². The quantitative estimate of drug-likeness (QED) is 0.778. The molecule has 1 N–H and O–H groups in total. The summed E-state index contributed by atoms with van der Waals surface area (Å²) >= 11 is 0. The highest BCUT2D eigenvalue weighted by molar-refractivity contribution is 4.80. The highest BCUT2D eigenvalue weighted by atomic mass is 15.0. The number of nitrogens with zero attached hydrogens (tertiary/aromatic N) is 2. The van der Waals surface area contributed by atoms with Crippen molar-refractivity contribution in [2.45, 2.75) is 34.2 Å². The molecule has 3 heteroatoms. The molecule has 15 heavy (non-hydrogen) atoms. The number of imidazole rings is 1. The van der Waals surface area contributed by atoms with Gasteiger partial charge in [-0.15, -0.1) is 0 Å². The molecule has 1 rings (SSSR count). The van der Waals surface area contributed by atoms with Crippen molar-refractivity contribution in [1.82, 2.24) is 14.9 Å². The molecule has 0 aliphatic carbocycles. The van der Waals surface area contributed by atoms with Gasteiger partial charge >= 0.3 is 0 Å². The summed E-state index contributed by atoms with van der Waals surface area (Å²) < 4.78 is 2.14. The van der Waals surface area contributed by atoms with Crippen LogP contribution >= 0.6 is 0 Å². The van der Waals surface area contributed by atoms with Gasteiger partial charge in [0.15, 0.2) is 0 Å². The first kappa shape index (κ1) is 12.2. The second-order valence-electron chi connectivity index (χ2n) is 5.42. The standard InChI is InChI=1S/C12H23N3/c1-11(2)7-14-8-12(3,4)9-15-6-5-13-10-15/h5-6,10-11,14H,7-9H2,1-4H3. The first-order valence-corrected chi connectivity index (χ1v) is 5.66. The van der Waals surface area contributed by atoms with Crippen molar-refractivity contribution in [2.24, 2.45) is 11.3 Å². The summed E-state index contributed by atoms with van der Waals surface area (Å²) in [4.78, 5) is 4.06. The normalized spacial score (nSPS) is 12.3. The Bertz CT molecular complexity index is 262. The zero-order chi connectivity index (χ0) is 11.3. The highest BCUT2D eigenvalue weighted by Crippen LogP contribution is 2.16. The van der Waals surface area contributed by atoms with Crippen LogP contribution in [-0.2, 0) is 6.54 Å². The van der Waals surface area contributed by atoms with Crippen LogP contribution < -0.4 is 5.32 Å². The van der Waals surface area contributed by atoms with Gasteiger partial charge in [0.1, 0.15) is 0 Å². The lowest BCUT2D eigenvalue weighted by Crippen LogP contribution is -2.34. The average molecular weight is 209 g/mol. The molecule has 0 aromatic carbocycles. The molecule has 0 bridgehead atoms. The number of nitrogens with one attached hydrogen (secondary N) is 1. The molecule has 0 saturated heterocycles. The van der Waals surface area contributed by atoms with Gasteiger partial charge in [-0.05, 0) is 17.9 Å². The second-order valence-corrected chi connectivity index (χ2v) is 5.42. The summed E-state index contributed by atoms with van der Waals surface area (Å²) in [5.41, 5.74) is 0.273. The minimum absolute atomic E-state index is 0.273. The Morgan fingerprint density at radius 3 is 2.67 bits per heavy atom. The van der Waals surface area contributed by atoms with E-state index in [0.717, 1.165) is 19.6 Å². The van der Waals surface area contributed by atoms with Crippen molar-refractivity contribution >= 4 is 0 Å². The Hall–Kier alpha value is -0.830. The average Bonchev–Trinajstić information content (AvgIpc) is 2.54. The van der Waals surface area contributed by atoms with Crippen LogP contribution in [-0.4, -0.2) is 22.6 Å². The summed E-state index contributed by atoms with van der Waals surface area (Å²) in [6, 6.07) is 0. The Morgan fingerprint density at radius 1 is 1.40 bits per heavy atom. The maximum absolute atomic E-state index is 4.06. The molecular weight excluding hydrogens is 186 g/mol. The maximum atomic E-state index is 4.06. The highest BCUT2D eigenvalue weighted by Gasteiger charge is 2.17. The second kappa shape index (κ2) is 5.31. The lowest BCUT2D eigenvalue weighted by atomic mass is 9.93. The first-order valence-electron chi connectivity index (χ1n) is 5.66. The molecule has 0 fully saturated rings. The van der Waals surface area contributed by atoms with Crippen molar-refractivity contribution in [2.75, 3.05) is 13.1 Å². The monoisotopic (exact) mass is 209 g/mol. The van der Waals surface area contributed by atoms with Gasteiger partial charge in [0.2, 0.25) is 0 Å². The van der Waals surface area contributed by atoms with Gasteiger partial charge in [-0.3, -0.25) is 0 Å². The lowest BCUT2D eigenvalue weighted by molar-refractivity contribution is 0.284. The SMILES string of the molecule is CC(C)CNCC(C)(C)Cn1ccnc1. The summed E-state index contributed by atoms with van der Waals surface area (Å²) in [6.07, 6.45) is 5.73. The molecule has 0 aliphatic heterocycles. The third kappa shape index (κ3) is 4.98. The molecule has 0 unspecified atom stereocenters. The van der Waals surface area contributed by atoms with Crippen LogP contribution in [0.4, 0.5) is 0 Å². The van der Waals surface area contributed by atoms with Crippen LogP contribution in [0.3, 0.4) is 0 Å². The fraction of sp³-hybridized carbons (Fsp3) is 0.750. The molecule has 0 aliphatic rings. The fourth-order valence-corrected chi connectivity index (χ4v) is 1.63. The van der Waals surface area contributed by atoms with E-state index < -0.39 is 0 Å².